The summed E-state index contributed by atoms with van der Waals surface area (Å²) in [7, 11) is 0. The molecule has 0 aliphatic heterocycles. The second-order valence-electron chi connectivity index (χ2n) is 2.42. The summed E-state index contributed by atoms with van der Waals surface area (Å²) in [5.41, 5.74) is 5.93. The van der Waals surface area contributed by atoms with Crippen molar-refractivity contribution in [2.75, 3.05) is 5.73 Å². The van der Waals surface area contributed by atoms with Crippen molar-refractivity contribution in [2.45, 2.75) is 0 Å². The fourth-order valence-electron chi connectivity index (χ4n) is 0.987. The van der Waals surface area contributed by atoms with Crippen LogP contribution in [-0.4, -0.2) is 9.97 Å². The lowest BCUT2D eigenvalue weighted by atomic mass is 10.2. The number of rotatable bonds is 1. The van der Waals surface area contributed by atoms with Crippen LogP contribution in [0, 0.1) is 5.82 Å². The maximum Gasteiger partial charge on any atom is 0.180 e. The van der Waals surface area contributed by atoms with Gasteiger partial charge in [0.1, 0.15) is 5.82 Å². The van der Waals surface area contributed by atoms with Crippen molar-refractivity contribution >= 4 is 16.5 Å². The van der Waals surface area contributed by atoms with Crippen molar-refractivity contribution in [3.63, 3.8) is 0 Å². The second-order valence-corrected chi connectivity index (χ2v) is 3.48. The van der Waals surface area contributed by atoms with Gasteiger partial charge in [-0.3, -0.25) is 4.98 Å². The number of pyridine rings is 1. The molecular formula is C8H6FN3S. The van der Waals surface area contributed by atoms with Gasteiger partial charge >= 0.3 is 0 Å². The molecule has 2 aromatic heterocycles. The molecule has 0 spiro atoms. The summed E-state index contributed by atoms with van der Waals surface area (Å²) in [5.74, 6) is -0.355. The highest BCUT2D eigenvalue weighted by Gasteiger charge is 2.06. The van der Waals surface area contributed by atoms with Gasteiger partial charge in [-0.25, -0.2) is 9.37 Å². The number of thiazole rings is 1. The number of aromatic nitrogens is 2. The van der Waals surface area contributed by atoms with Crippen LogP contribution in [0.3, 0.4) is 0 Å². The number of nitrogen functional groups attached to an aromatic ring is 1. The molecule has 0 amide bonds. The fourth-order valence-corrected chi connectivity index (χ4v) is 1.70. The summed E-state index contributed by atoms with van der Waals surface area (Å²) in [6.07, 6.45) is 4.26. The Balaban J connectivity index is 2.52. The Hall–Kier alpha value is -1.49. The van der Waals surface area contributed by atoms with Gasteiger partial charge < -0.3 is 5.73 Å². The first kappa shape index (κ1) is 8.12. The number of anilines is 1. The maximum absolute atomic E-state index is 13.2. The molecule has 0 atom stereocenters. The lowest BCUT2D eigenvalue weighted by Gasteiger charge is -1.95. The van der Waals surface area contributed by atoms with E-state index in [0.717, 1.165) is 4.88 Å². The van der Waals surface area contributed by atoms with E-state index in [2.05, 4.69) is 9.97 Å². The first-order valence-electron chi connectivity index (χ1n) is 3.58. The maximum atomic E-state index is 13.2. The standard InChI is InChI=1S/C8H6FN3S/c9-6-3-11-2-1-5(6)7-4-12-8(10)13-7/h1-4H,(H2,10,12). The van der Waals surface area contributed by atoms with E-state index in [1.165, 1.54) is 23.7 Å². The topological polar surface area (TPSA) is 51.8 Å². The molecule has 0 aromatic carbocycles. The van der Waals surface area contributed by atoms with Crippen molar-refractivity contribution < 1.29 is 4.39 Å². The van der Waals surface area contributed by atoms with Crippen LogP contribution in [0.15, 0.2) is 24.7 Å². The summed E-state index contributed by atoms with van der Waals surface area (Å²) >= 11 is 1.25. The van der Waals surface area contributed by atoms with Gasteiger partial charge in [0.25, 0.3) is 0 Å². The molecule has 0 radical (unpaired) electrons. The molecule has 3 nitrogen and oxygen atoms in total. The smallest absolute Gasteiger partial charge is 0.180 e. The van der Waals surface area contributed by atoms with Crippen LogP contribution in [0.1, 0.15) is 0 Å². The van der Waals surface area contributed by atoms with E-state index in [4.69, 9.17) is 5.73 Å². The molecule has 2 N–H and O–H groups in total. The predicted octanol–water partition coefficient (Wildman–Crippen LogP) is 1.93. The highest BCUT2D eigenvalue weighted by molar-refractivity contribution is 7.18. The van der Waals surface area contributed by atoms with Crippen LogP contribution in [0.2, 0.25) is 0 Å². The Morgan fingerprint density at radius 2 is 2.23 bits per heavy atom. The molecule has 2 rings (SSSR count). The number of halogens is 1. The van der Waals surface area contributed by atoms with E-state index in [0.29, 0.717) is 10.7 Å². The molecule has 0 saturated carbocycles. The third-order valence-corrected chi connectivity index (χ3v) is 2.42. The fraction of sp³-hybridized carbons (Fsp3) is 0. The molecule has 0 fully saturated rings. The van der Waals surface area contributed by atoms with Crippen LogP contribution >= 0.6 is 11.3 Å². The molecule has 5 heteroatoms. The van der Waals surface area contributed by atoms with E-state index in [1.54, 1.807) is 12.3 Å². The van der Waals surface area contributed by atoms with Crippen LogP contribution in [0.4, 0.5) is 9.52 Å². The van der Waals surface area contributed by atoms with Gasteiger partial charge in [0.05, 0.1) is 11.1 Å². The van der Waals surface area contributed by atoms with Gasteiger partial charge in [0.15, 0.2) is 5.13 Å². The van der Waals surface area contributed by atoms with Crippen molar-refractivity contribution in [3.8, 4) is 10.4 Å². The zero-order chi connectivity index (χ0) is 9.26. The van der Waals surface area contributed by atoms with Gasteiger partial charge in [-0.15, -0.1) is 0 Å². The third-order valence-electron chi connectivity index (χ3n) is 1.56. The average molecular weight is 195 g/mol. The monoisotopic (exact) mass is 195 g/mol. The lowest BCUT2D eigenvalue weighted by Crippen LogP contribution is -1.81. The van der Waals surface area contributed by atoms with Gasteiger partial charge in [-0.1, -0.05) is 11.3 Å². The van der Waals surface area contributed by atoms with E-state index < -0.39 is 0 Å². The first-order chi connectivity index (χ1) is 6.27. The molecule has 0 saturated heterocycles. The predicted molar refractivity (Wildman–Crippen MR) is 49.7 cm³/mol. The molecule has 0 aliphatic carbocycles. The van der Waals surface area contributed by atoms with E-state index in [-0.39, 0.29) is 5.82 Å². The molecule has 66 valence electrons. The minimum atomic E-state index is -0.355. The Bertz CT molecular complexity index is 427. The quantitative estimate of drug-likeness (QED) is 0.756. The summed E-state index contributed by atoms with van der Waals surface area (Å²) in [6.45, 7) is 0. The van der Waals surface area contributed by atoms with E-state index in [9.17, 15) is 4.39 Å². The van der Waals surface area contributed by atoms with Crippen LogP contribution < -0.4 is 5.73 Å². The third kappa shape index (κ3) is 1.50. The van der Waals surface area contributed by atoms with E-state index >= 15 is 0 Å². The largest absolute Gasteiger partial charge is 0.375 e. The molecular weight excluding hydrogens is 189 g/mol. The first-order valence-corrected chi connectivity index (χ1v) is 4.40. The number of nitrogens with zero attached hydrogens (tertiary/aromatic N) is 2. The molecule has 0 aliphatic rings. The minimum absolute atomic E-state index is 0.355. The summed E-state index contributed by atoms with van der Waals surface area (Å²) in [4.78, 5) is 8.22. The summed E-state index contributed by atoms with van der Waals surface area (Å²) in [5, 5.41) is 0.436. The van der Waals surface area contributed by atoms with Gasteiger partial charge in [0, 0.05) is 18.0 Å². The zero-order valence-corrected chi connectivity index (χ0v) is 7.38. The van der Waals surface area contributed by atoms with Gasteiger partial charge in [-0.2, -0.15) is 0 Å². The highest BCUT2D eigenvalue weighted by Crippen LogP contribution is 2.28. The number of hydrogen-bond donors (Lipinski definition) is 1. The molecule has 2 heterocycles. The van der Waals surface area contributed by atoms with Crippen molar-refractivity contribution in [1.82, 2.24) is 9.97 Å². The Morgan fingerprint density at radius 3 is 2.85 bits per heavy atom. The number of nitrogens with two attached hydrogens (primary N) is 1. The van der Waals surface area contributed by atoms with Crippen molar-refractivity contribution in [3.05, 3.63) is 30.5 Å². The average Bonchev–Trinajstić information content (AvgIpc) is 2.53. The number of hydrogen-bond acceptors (Lipinski definition) is 4. The zero-order valence-electron chi connectivity index (χ0n) is 6.57. The van der Waals surface area contributed by atoms with E-state index in [1.807, 2.05) is 0 Å². The lowest BCUT2D eigenvalue weighted by molar-refractivity contribution is 0.625. The summed E-state index contributed by atoms with van der Waals surface area (Å²) in [6, 6.07) is 1.60. The Morgan fingerprint density at radius 1 is 1.38 bits per heavy atom. The highest BCUT2D eigenvalue weighted by atomic mass is 32.1. The summed E-state index contributed by atoms with van der Waals surface area (Å²) < 4.78 is 13.2. The molecule has 13 heavy (non-hydrogen) atoms. The Labute approximate surface area is 78.1 Å². The van der Waals surface area contributed by atoms with Crippen molar-refractivity contribution in [2.24, 2.45) is 0 Å². The minimum Gasteiger partial charge on any atom is -0.375 e. The second kappa shape index (κ2) is 3.10. The molecule has 0 bridgehead atoms. The SMILES string of the molecule is Nc1ncc(-c2ccncc2F)s1. The van der Waals surface area contributed by atoms with Crippen LogP contribution in [0.25, 0.3) is 10.4 Å². The Kier molecular flexibility index (Phi) is 1.94. The van der Waals surface area contributed by atoms with Crippen molar-refractivity contribution in [1.29, 1.82) is 0 Å². The molecule has 2 aromatic rings. The van der Waals surface area contributed by atoms with Gasteiger partial charge in [0.2, 0.25) is 0 Å². The molecule has 0 unspecified atom stereocenters. The van der Waals surface area contributed by atoms with Gasteiger partial charge in [-0.05, 0) is 6.07 Å². The van der Waals surface area contributed by atoms with Crippen LogP contribution in [0.5, 0.6) is 0 Å². The van der Waals surface area contributed by atoms with Crippen LogP contribution in [-0.2, 0) is 0 Å². The normalized spacial score (nSPS) is 10.2.